The van der Waals surface area contributed by atoms with Crippen LogP contribution in [0.25, 0.3) is 11.4 Å². The van der Waals surface area contributed by atoms with Crippen LogP contribution < -0.4 is 10.9 Å². The van der Waals surface area contributed by atoms with Crippen molar-refractivity contribution in [3.63, 3.8) is 0 Å². The second-order valence-electron chi connectivity index (χ2n) is 6.67. The maximum absolute atomic E-state index is 13.6. The number of carbonyl (C=O) groups is 1. The van der Waals surface area contributed by atoms with Gasteiger partial charge in [-0.1, -0.05) is 11.6 Å². The van der Waals surface area contributed by atoms with Gasteiger partial charge in [0.05, 0.1) is 32.3 Å². The third-order valence-electron chi connectivity index (χ3n) is 4.51. The Kier molecular flexibility index (Phi) is 6.35. The number of imidazole rings is 1. The van der Waals surface area contributed by atoms with Crippen molar-refractivity contribution < 1.29 is 13.4 Å². The zero-order valence-electron chi connectivity index (χ0n) is 16.6. The molecule has 0 radical (unpaired) electrons. The fourth-order valence-corrected chi connectivity index (χ4v) is 4.66. The van der Waals surface area contributed by atoms with Crippen LogP contribution in [0.2, 0.25) is 4.34 Å². The summed E-state index contributed by atoms with van der Waals surface area (Å²) < 4.78 is 29.2. The van der Waals surface area contributed by atoms with E-state index in [4.69, 9.17) is 11.6 Å². The van der Waals surface area contributed by atoms with E-state index in [0.717, 1.165) is 6.07 Å². The first-order chi connectivity index (χ1) is 15.3. The Bertz CT molecular complexity index is 1380. The fourth-order valence-electron chi connectivity index (χ4n) is 3.02. The van der Waals surface area contributed by atoms with E-state index in [-0.39, 0.29) is 12.5 Å². The Morgan fingerprint density at radius 3 is 2.47 bits per heavy atom. The Morgan fingerprint density at radius 1 is 1.16 bits per heavy atom. The summed E-state index contributed by atoms with van der Waals surface area (Å²) in [6.45, 7) is 0.141. The number of nitrogens with zero attached hydrogens (tertiary/aromatic N) is 3. The number of halogens is 2. The topological polar surface area (TPSA) is 86.0 Å². The maximum atomic E-state index is 13.6. The molecule has 3 aromatic heterocycles. The number of rotatable bonds is 6. The summed E-state index contributed by atoms with van der Waals surface area (Å²) in [7, 11) is -1.40. The Balaban J connectivity index is 1.58. The van der Waals surface area contributed by atoms with Crippen molar-refractivity contribution in [3.05, 3.63) is 92.0 Å². The highest BCUT2D eigenvalue weighted by Crippen LogP contribution is 2.21. The first kappa shape index (κ1) is 22.1. The van der Waals surface area contributed by atoms with E-state index in [9.17, 15) is 18.2 Å². The van der Waals surface area contributed by atoms with Crippen LogP contribution in [0.15, 0.2) is 70.9 Å². The third-order valence-corrected chi connectivity index (χ3v) is 6.55. The molecule has 1 N–H and O–H groups in total. The second-order valence-corrected chi connectivity index (χ2v) is 9.66. The van der Waals surface area contributed by atoms with Crippen molar-refractivity contribution in [1.29, 1.82) is 0 Å². The summed E-state index contributed by atoms with van der Waals surface area (Å²) in [5.74, 6) is -1.12. The zero-order chi connectivity index (χ0) is 22.8. The van der Waals surface area contributed by atoms with E-state index in [1.54, 1.807) is 47.2 Å². The van der Waals surface area contributed by atoms with Gasteiger partial charge in [0, 0.05) is 30.0 Å². The van der Waals surface area contributed by atoms with Gasteiger partial charge < -0.3 is 5.32 Å². The summed E-state index contributed by atoms with van der Waals surface area (Å²) in [6, 6.07) is 12.6. The molecule has 0 bridgehead atoms. The van der Waals surface area contributed by atoms with Crippen LogP contribution in [0, 0.1) is 5.82 Å². The minimum absolute atomic E-state index is 0.141. The van der Waals surface area contributed by atoms with Gasteiger partial charge in [-0.05, 0) is 48.5 Å². The van der Waals surface area contributed by atoms with Crippen LogP contribution in [0.4, 0.5) is 4.39 Å². The Labute approximate surface area is 193 Å². The SMILES string of the molecule is CS(=O)c1nc(CNC(=O)c2ccc(Cl)s2)cn1-c1ccc(-n2cccc(F)c2=O)cc1. The molecule has 0 spiro atoms. The first-order valence-corrected chi connectivity index (χ1v) is 12.0. The molecular formula is C21H16ClFN4O3S2. The minimum atomic E-state index is -1.40. The van der Waals surface area contributed by atoms with Crippen LogP contribution in [0.3, 0.4) is 0 Å². The van der Waals surface area contributed by atoms with Gasteiger partial charge in [-0.3, -0.25) is 22.9 Å². The molecule has 0 aliphatic heterocycles. The average Bonchev–Trinajstić information content (AvgIpc) is 3.41. The smallest absolute Gasteiger partial charge is 0.291 e. The number of hydrogen-bond acceptors (Lipinski definition) is 5. The number of pyridine rings is 1. The summed E-state index contributed by atoms with van der Waals surface area (Å²) in [5, 5.41) is 3.08. The number of hydrogen-bond donors (Lipinski definition) is 1. The molecule has 1 aromatic carbocycles. The van der Waals surface area contributed by atoms with Crippen LogP contribution in [-0.4, -0.2) is 30.5 Å². The number of benzene rings is 1. The van der Waals surface area contributed by atoms with Gasteiger partial charge >= 0.3 is 0 Å². The monoisotopic (exact) mass is 490 g/mol. The minimum Gasteiger partial charge on any atom is -0.346 e. The molecule has 11 heteroatoms. The number of amides is 1. The molecule has 164 valence electrons. The normalized spacial score (nSPS) is 12.0. The highest BCUT2D eigenvalue weighted by Gasteiger charge is 2.15. The molecule has 0 aliphatic rings. The lowest BCUT2D eigenvalue weighted by Crippen LogP contribution is -2.21. The van der Waals surface area contributed by atoms with Crippen LogP contribution in [0.1, 0.15) is 15.4 Å². The van der Waals surface area contributed by atoms with E-state index < -0.39 is 22.2 Å². The second kappa shape index (κ2) is 9.19. The summed E-state index contributed by atoms with van der Waals surface area (Å²) in [6.07, 6.45) is 4.67. The highest BCUT2D eigenvalue weighted by atomic mass is 35.5. The van der Waals surface area contributed by atoms with Crippen molar-refractivity contribution in [2.24, 2.45) is 0 Å². The Morgan fingerprint density at radius 2 is 1.84 bits per heavy atom. The molecule has 4 aromatic rings. The van der Waals surface area contributed by atoms with Gasteiger partial charge in [0.25, 0.3) is 11.5 Å². The zero-order valence-corrected chi connectivity index (χ0v) is 19.0. The van der Waals surface area contributed by atoms with Gasteiger partial charge in [-0.15, -0.1) is 11.3 Å². The average molecular weight is 491 g/mol. The van der Waals surface area contributed by atoms with E-state index in [1.165, 1.54) is 34.4 Å². The molecule has 1 unspecified atom stereocenters. The number of aromatic nitrogens is 3. The number of thiophene rings is 1. The molecule has 0 saturated carbocycles. The van der Waals surface area contributed by atoms with Gasteiger partial charge in [0.2, 0.25) is 5.16 Å². The molecule has 4 rings (SSSR count). The number of nitrogens with one attached hydrogen (secondary N) is 1. The Hall–Kier alpha value is -3.08. The van der Waals surface area contributed by atoms with Crippen molar-refractivity contribution in [3.8, 4) is 11.4 Å². The molecule has 7 nitrogen and oxygen atoms in total. The van der Waals surface area contributed by atoms with Crippen LogP contribution in [0.5, 0.6) is 0 Å². The molecule has 0 fully saturated rings. The van der Waals surface area contributed by atoms with E-state index in [1.807, 2.05) is 0 Å². The van der Waals surface area contributed by atoms with Crippen molar-refractivity contribution in [1.82, 2.24) is 19.4 Å². The van der Waals surface area contributed by atoms with Gasteiger partial charge in [0.15, 0.2) is 5.82 Å². The standard InChI is InChI=1S/C21H16ClFN4O3S2/c1-32(30)21-25-13(11-24-19(28)17-8-9-18(22)31-17)12-27(21)15-6-4-14(5-7-15)26-10-2-3-16(23)20(26)29/h2-10,12H,11H2,1H3,(H,24,28). The highest BCUT2D eigenvalue weighted by molar-refractivity contribution is 7.84. The molecule has 0 saturated heterocycles. The quantitative estimate of drug-likeness (QED) is 0.448. The van der Waals surface area contributed by atoms with Gasteiger partial charge in [0.1, 0.15) is 0 Å². The lowest BCUT2D eigenvalue weighted by molar-refractivity contribution is 0.0954. The predicted octanol–water partition coefficient (Wildman–Crippen LogP) is 3.54. The molecule has 1 amide bonds. The predicted molar refractivity (Wildman–Crippen MR) is 122 cm³/mol. The largest absolute Gasteiger partial charge is 0.346 e. The van der Waals surface area contributed by atoms with Crippen LogP contribution in [-0.2, 0) is 17.3 Å². The van der Waals surface area contributed by atoms with Gasteiger partial charge in [-0.2, -0.15) is 0 Å². The van der Waals surface area contributed by atoms with Crippen molar-refractivity contribution in [2.45, 2.75) is 11.7 Å². The van der Waals surface area contributed by atoms with E-state index >= 15 is 0 Å². The maximum Gasteiger partial charge on any atom is 0.291 e. The molecule has 1 atom stereocenters. The lowest BCUT2D eigenvalue weighted by Gasteiger charge is -2.09. The fraction of sp³-hybridized carbons (Fsp3) is 0.0952. The van der Waals surface area contributed by atoms with E-state index in [0.29, 0.717) is 31.4 Å². The number of carbonyl (C=O) groups excluding carboxylic acids is 1. The van der Waals surface area contributed by atoms with Crippen molar-refractivity contribution >= 4 is 39.6 Å². The summed E-state index contributed by atoms with van der Waals surface area (Å²) in [5.41, 5.74) is 0.915. The lowest BCUT2D eigenvalue weighted by atomic mass is 10.2. The molecular weight excluding hydrogens is 475 g/mol. The van der Waals surface area contributed by atoms with E-state index in [2.05, 4.69) is 10.3 Å². The molecule has 32 heavy (non-hydrogen) atoms. The van der Waals surface area contributed by atoms with Crippen molar-refractivity contribution in [2.75, 3.05) is 6.26 Å². The third kappa shape index (κ3) is 4.57. The summed E-state index contributed by atoms with van der Waals surface area (Å²) >= 11 is 7.04. The summed E-state index contributed by atoms with van der Waals surface area (Å²) in [4.78, 5) is 29.1. The van der Waals surface area contributed by atoms with Crippen LogP contribution >= 0.6 is 22.9 Å². The molecule has 3 heterocycles. The van der Waals surface area contributed by atoms with Gasteiger partial charge in [-0.25, -0.2) is 9.37 Å². The first-order valence-electron chi connectivity index (χ1n) is 9.26. The molecule has 0 aliphatic carbocycles.